The Morgan fingerprint density at radius 3 is 2.75 bits per heavy atom. The zero-order valence-electron chi connectivity index (χ0n) is 11.4. The van der Waals surface area contributed by atoms with Gasteiger partial charge in [0, 0.05) is 12.5 Å². The number of likely N-dealkylation sites (tertiary alicyclic amines) is 1. The van der Waals surface area contributed by atoms with Crippen molar-refractivity contribution < 1.29 is 17.9 Å². The average Bonchev–Trinajstić information content (AvgIpc) is 2.36. The molecular formula is C14H19F3N2O. The standard InChI is InChI=1S/C14H19F3N2O/c1-19-6-2-3-10(8-19)9-20-13-5-4-11(7-12(13)18)14(15,16)17/h4-5,7,10H,2-3,6,8-9,18H2,1H3. The molecule has 1 fully saturated rings. The molecule has 1 aliphatic heterocycles. The third-order valence-corrected chi connectivity index (χ3v) is 3.53. The van der Waals surface area contributed by atoms with Crippen molar-refractivity contribution in [1.82, 2.24) is 4.90 Å². The highest BCUT2D eigenvalue weighted by Gasteiger charge is 2.31. The molecule has 6 heteroatoms. The van der Waals surface area contributed by atoms with E-state index in [2.05, 4.69) is 11.9 Å². The number of piperidine rings is 1. The highest BCUT2D eigenvalue weighted by molar-refractivity contribution is 5.54. The first-order valence-electron chi connectivity index (χ1n) is 6.64. The van der Waals surface area contributed by atoms with Crippen molar-refractivity contribution in [2.24, 2.45) is 5.92 Å². The molecule has 0 aromatic heterocycles. The van der Waals surface area contributed by atoms with Gasteiger partial charge in [0.25, 0.3) is 0 Å². The van der Waals surface area contributed by atoms with Crippen molar-refractivity contribution in [3.63, 3.8) is 0 Å². The van der Waals surface area contributed by atoms with E-state index in [1.807, 2.05) is 0 Å². The van der Waals surface area contributed by atoms with E-state index in [4.69, 9.17) is 10.5 Å². The normalized spacial score (nSPS) is 20.9. The van der Waals surface area contributed by atoms with Crippen LogP contribution in [0.1, 0.15) is 18.4 Å². The van der Waals surface area contributed by atoms with Gasteiger partial charge in [0.05, 0.1) is 17.9 Å². The second-order valence-electron chi connectivity index (χ2n) is 5.33. The summed E-state index contributed by atoms with van der Waals surface area (Å²) in [4.78, 5) is 2.23. The molecule has 3 nitrogen and oxygen atoms in total. The molecule has 20 heavy (non-hydrogen) atoms. The first-order valence-corrected chi connectivity index (χ1v) is 6.64. The minimum atomic E-state index is -4.38. The van der Waals surface area contributed by atoms with Crippen LogP contribution < -0.4 is 10.5 Å². The number of nitrogen functional groups attached to an aromatic ring is 1. The predicted molar refractivity (Wildman–Crippen MR) is 71.6 cm³/mol. The van der Waals surface area contributed by atoms with Crippen LogP contribution in [-0.4, -0.2) is 31.6 Å². The molecule has 1 atom stereocenters. The van der Waals surface area contributed by atoms with Crippen LogP contribution in [0.25, 0.3) is 0 Å². The summed E-state index contributed by atoms with van der Waals surface area (Å²) >= 11 is 0. The van der Waals surface area contributed by atoms with Gasteiger partial charge in [-0.05, 0) is 44.6 Å². The van der Waals surface area contributed by atoms with Gasteiger partial charge < -0.3 is 15.4 Å². The molecule has 0 bridgehead atoms. The molecule has 1 unspecified atom stereocenters. The van der Waals surface area contributed by atoms with Crippen LogP contribution >= 0.6 is 0 Å². The number of anilines is 1. The van der Waals surface area contributed by atoms with E-state index in [9.17, 15) is 13.2 Å². The fourth-order valence-electron chi connectivity index (χ4n) is 2.47. The van der Waals surface area contributed by atoms with Crippen LogP contribution in [0.15, 0.2) is 18.2 Å². The molecule has 1 aromatic carbocycles. The van der Waals surface area contributed by atoms with Gasteiger partial charge in [-0.15, -0.1) is 0 Å². The van der Waals surface area contributed by atoms with Crippen molar-refractivity contribution in [2.75, 3.05) is 32.5 Å². The summed E-state index contributed by atoms with van der Waals surface area (Å²) in [6, 6.07) is 3.21. The lowest BCUT2D eigenvalue weighted by Crippen LogP contribution is -2.34. The van der Waals surface area contributed by atoms with E-state index in [0.717, 1.165) is 38.1 Å². The lowest BCUT2D eigenvalue weighted by Gasteiger charge is -2.29. The fraction of sp³-hybridized carbons (Fsp3) is 0.571. The molecular weight excluding hydrogens is 269 g/mol. The summed E-state index contributed by atoms with van der Waals surface area (Å²) < 4.78 is 43.1. The minimum absolute atomic E-state index is 0.0315. The first-order chi connectivity index (χ1) is 9.36. The Bertz CT molecular complexity index is 462. The smallest absolute Gasteiger partial charge is 0.416 e. The molecule has 1 aliphatic rings. The maximum Gasteiger partial charge on any atom is 0.416 e. The fourth-order valence-corrected chi connectivity index (χ4v) is 2.47. The van der Waals surface area contributed by atoms with Gasteiger partial charge in [0.2, 0.25) is 0 Å². The molecule has 0 radical (unpaired) electrons. The van der Waals surface area contributed by atoms with Gasteiger partial charge >= 0.3 is 6.18 Å². The van der Waals surface area contributed by atoms with Crippen LogP contribution in [0.4, 0.5) is 18.9 Å². The summed E-state index contributed by atoms with van der Waals surface area (Å²) in [7, 11) is 2.05. The number of alkyl halides is 3. The number of ether oxygens (including phenoxy) is 1. The molecule has 1 aromatic rings. The van der Waals surface area contributed by atoms with Crippen LogP contribution in [0.3, 0.4) is 0 Å². The minimum Gasteiger partial charge on any atom is -0.491 e. The summed E-state index contributed by atoms with van der Waals surface area (Å²) in [6.45, 7) is 2.51. The van der Waals surface area contributed by atoms with E-state index in [-0.39, 0.29) is 5.69 Å². The Kier molecular flexibility index (Phi) is 4.42. The largest absolute Gasteiger partial charge is 0.491 e. The highest BCUT2D eigenvalue weighted by atomic mass is 19.4. The maximum absolute atomic E-state index is 12.5. The lowest BCUT2D eigenvalue weighted by atomic mass is 9.99. The van der Waals surface area contributed by atoms with Gasteiger partial charge in [0.1, 0.15) is 5.75 Å². The summed E-state index contributed by atoms with van der Waals surface area (Å²) in [5.74, 6) is 0.724. The Morgan fingerprint density at radius 1 is 1.40 bits per heavy atom. The molecule has 1 saturated heterocycles. The predicted octanol–water partition coefficient (Wildman–Crippen LogP) is 3.01. The molecule has 2 rings (SSSR count). The van der Waals surface area contributed by atoms with Crippen LogP contribution in [0, 0.1) is 5.92 Å². The summed E-state index contributed by atoms with van der Waals surface area (Å²) in [6.07, 6.45) is -2.18. The second kappa shape index (κ2) is 5.91. The van der Waals surface area contributed by atoms with E-state index in [1.54, 1.807) is 0 Å². The summed E-state index contributed by atoms with van der Waals surface area (Å²) in [5, 5.41) is 0. The number of hydrogen-bond acceptors (Lipinski definition) is 3. The van der Waals surface area contributed by atoms with Gasteiger partial charge in [0.15, 0.2) is 0 Å². The van der Waals surface area contributed by atoms with Gasteiger partial charge in [-0.3, -0.25) is 0 Å². The van der Waals surface area contributed by atoms with Crippen molar-refractivity contribution in [2.45, 2.75) is 19.0 Å². The molecule has 0 aliphatic carbocycles. The molecule has 0 spiro atoms. The van der Waals surface area contributed by atoms with Crippen molar-refractivity contribution in [3.05, 3.63) is 23.8 Å². The number of nitrogens with zero attached hydrogens (tertiary/aromatic N) is 1. The van der Waals surface area contributed by atoms with E-state index < -0.39 is 11.7 Å². The zero-order valence-corrected chi connectivity index (χ0v) is 11.4. The Hall–Kier alpha value is -1.43. The maximum atomic E-state index is 12.5. The first kappa shape index (κ1) is 15.0. The number of rotatable bonds is 3. The monoisotopic (exact) mass is 288 g/mol. The quantitative estimate of drug-likeness (QED) is 0.869. The van der Waals surface area contributed by atoms with Gasteiger partial charge in [-0.1, -0.05) is 0 Å². The number of benzene rings is 1. The second-order valence-corrected chi connectivity index (χ2v) is 5.33. The molecule has 1 heterocycles. The van der Waals surface area contributed by atoms with Crippen LogP contribution in [0.5, 0.6) is 5.75 Å². The zero-order chi connectivity index (χ0) is 14.8. The Balaban J connectivity index is 1.96. The van der Waals surface area contributed by atoms with Crippen LogP contribution in [-0.2, 0) is 6.18 Å². The lowest BCUT2D eigenvalue weighted by molar-refractivity contribution is -0.137. The topological polar surface area (TPSA) is 38.5 Å². The van der Waals surface area contributed by atoms with E-state index in [1.165, 1.54) is 6.07 Å². The number of nitrogens with two attached hydrogens (primary N) is 1. The Morgan fingerprint density at radius 2 is 2.15 bits per heavy atom. The third kappa shape index (κ3) is 3.79. The highest BCUT2D eigenvalue weighted by Crippen LogP contribution is 2.33. The van der Waals surface area contributed by atoms with Gasteiger partial charge in [-0.2, -0.15) is 13.2 Å². The molecule has 0 saturated carbocycles. The SMILES string of the molecule is CN1CCCC(COc2ccc(C(F)(F)F)cc2N)C1. The van der Waals surface area contributed by atoms with Crippen molar-refractivity contribution in [1.29, 1.82) is 0 Å². The van der Waals surface area contributed by atoms with Crippen molar-refractivity contribution in [3.8, 4) is 5.75 Å². The Labute approximate surface area is 116 Å². The molecule has 2 N–H and O–H groups in total. The molecule has 112 valence electrons. The van der Waals surface area contributed by atoms with Gasteiger partial charge in [-0.25, -0.2) is 0 Å². The van der Waals surface area contributed by atoms with E-state index in [0.29, 0.717) is 18.3 Å². The molecule has 0 amide bonds. The van der Waals surface area contributed by atoms with E-state index >= 15 is 0 Å². The van der Waals surface area contributed by atoms with Crippen molar-refractivity contribution >= 4 is 5.69 Å². The number of halogens is 3. The average molecular weight is 288 g/mol. The third-order valence-electron chi connectivity index (χ3n) is 3.53. The van der Waals surface area contributed by atoms with Crippen LogP contribution in [0.2, 0.25) is 0 Å². The summed E-state index contributed by atoms with van der Waals surface area (Å²) in [5.41, 5.74) is 4.91. The number of hydrogen-bond donors (Lipinski definition) is 1.